The lowest BCUT2D eigenvalue weighted by molar-refractivity contribution is -0.384. The molecule has 0 unspecified atom stereocenters. The third-order valence-electron chi connectivity index (χ3n) is 3.49. The van der Waals surface area contributed by atoms with E-state index in [1.807, 2.05) is 0 Å². The van der Waals surface area contributed by atoms with Gasteiger partial charge in [0.15, 0.2) is 5.75 Å². The van der Waals surface area contributed by atoms with Crippen LogP contribution in [0.3, 0.4) is 0 Å². The molecule has 5 nitrogen and oxygen atoms in total. The van der Waals surface area contributed by atoms with Crippen LogP contribution in [0.5, 0.6) is 5.75 Å². The fraction of sp³-hybridized carbons (Fsp3) is 0.188. The van der Waals surface area contributed by atoms with E-state index < -0.39 is 4.92 Å². The van der Waals surface area contributed by atoms with Crippen LogP contribution in [0, 0.1) is 16.0 Å². The first-order valence-electron chi connectivity index (χ1n) is 7.09. The Balaban J connectivity index is 1.89. The molecule has 0 bridgehead atoms. The third kappa shape index (κ3) is 3.98. The molecule has 0 saturated heterocycles. The molecule has 1 aliphatic carbocycles. The second-order valence-electron chi connectivity index (χ2n) is 5.37. The monoisotopic (exact) mass is 384 g/mol. The predicted octanol–water partition coefficient (Wildman–Crippen LogP) is 5.75. The van der Waals surface area contributed by atoms with Crippen LogP contribution in [-0.2, 0) is 0 Å². The summed E-state index contributed by atoms with van der Waals surface area (Å²) in [5.74, 6) is 0.518. The Morgan fingerprint density at radius 1 is 1.12 bits per heavy atom. The summed E-state index contributed by atoms with van der Waals surface area (Å²) in [6.07, 6.45) is 2.00. The fourth-order valence-corrected chi connectivity index (χ4v) is 2.93. The second kappa shape index (κ2) is 6.97. The van der Waals surface area contributed by atoms with Gasteiger partial charge in [-0.1, -0.05) is 40.0 Å². The van der Waals surface area contributed by atoms with E-state index in [0.29, 0.717) is 10.0 Å². The van der Waals surface area contributed by atoms with Crippen molar-refractivity contribution < 1.29 is 9.76 Å². The molecular formula is C16H11Cl3N2O3. The lowest BCUT2D eigenvalue weighted by Gasteiger charge is -2.08. The molecule has 24 heavy (non-hydrogen) atoms. The highest BCUT2D eigenvalue weighted by Gasteiger charge is 2.30. The van der Waals surface area contributed by atoms with E-state index >= 15 is 0 Å². The summed E-state index contributed by atoms with van der Waals surface area (Å²) in [6, 6.07) is 9.13. The number of halogens is 3. The van der Waals surface area contributed by atoms with E-state index in [1.165, 1.54) is 18.2 Å². The highest BCUT2D eigenvalue weighted by Crippen LogP contribution is 2.36. The molecule has 0 spiro atoms. The first-order valence-corrected chi connectivity index (χ1v) is 8.23. The van der Waals surface area contributed by atoms with Crippen molar-refractivity contribution >= 4 is 46.2 Å². The number of benzene rings is 2. The average molecular weight is 386 g/mol. The van der Waals surface area contributed by atoms with E-state index in [1.54, 1.807) is 18.2 Å². The smallest absolute Gasteiger partial charge is 0.271 e. The van der Waals surface area contributed by atoms with Gasteiger partial charge >= 0.3 is 0 Å². The molecule has 2 aromatic rings. The zero-order chi connectivity index (χ0) is 17.3. The van der Waals surface area contributed by atoms with Gasteiger partial charge in [-0.2, -0.15) is 0 Å². The summed E-state index contributed by atoms with van der Waals surface area (Å²) in [7, 11) is 0. The van der Waals surface area contributed by atoms with Gasteiger partial charge in [-0.05, 0) is 37.1 Å². The van der Waals surface area contributed by atoms with E-state index in [9.17, 15) is 10.1 Å². The summed E-state index contributed by atoms with van der Waals surface area (Å²) in [4.78, 5) is 15.6. The maximum atomic E-state index is 10.7. The number of hydrogen-bond donors (Lipinski definition) is 0. The zero-order valence-electron chi connectivity index (χ0n) is 12.2. The van der Waals surface area contributed by atoms with Crippen LogP contribution >= 0.6 is 34.8 Å². The van der Waals surface area contributed by atoms with Crippen LogP contribution in [0.25, 0.3) is 0 Å². The molecule has 0 atom stereocenters. The van der Waals surface area contributed by atoms with Crippen molar-refractivity contribution in [1.29, 1.82) is 0 Å². The van der Waals surface area contributed by atoms with Crippen molar-refractivity contribution in [3.05, 3.63) is 67.1 Å². The number of nitro benzene ring substituents is 1. The van der Waals surface area contributed by atoms with Gasteiger partial charge in [-0.25, -0.2) is 0 Å². The van der Waals surface area contributed by atoms with Crippen LogP contribution in [0.15, 0.2) is 41.6 Å². The molecule has 0 amide bonds. The SMILES string of the molecule is O=[N+]([O-])c1ccc(O/N=C(/c2cc(Cl)cc(Cl)c2)C2CC2)c(Cl)c1. The fourth-order valence-electron chi connectivity index (χ4n) is 2.20. The van der Waals surface area contributed by atoms with Crippen molar-refractivity contribution in [3.8, 4) is 5.75 Å². The van der Waals surface area contributed by atoms with Gasteiger partial charge < -0.3 is 4.84 Å². The largest absolute Gasteiger partial charge is 0.355 e. The van der Waals surface area contributed by atoms with Crippen molar-refractivity contribution in [2.45, 2.75) is 12.8 Å². The van der Waals surface area contributed by atoms with Gasteiger partial charge in [0.25, 0.3) is 5.69 Å². The van der Waals surface area contributed by atoms with Crippen LogP contribution in [0.2, 0.25) is 15.1 Å². The topological polar surface area (TPSA) is 64.7 Å². The molecule has 0 heterocycles. The molecule has 1 fully saturated rings. The van der Waals surface area contributed by atoms with Gasteiger partial charge in [-0.15, -0.1) is 0 Å². The van der Waals surface area contributed by atoms with Gasteiger partial charge in [0.1, 0.15) is 0 Å². The van der Waals surface area contributed by atoms with E-state index in [0.717, 1.165) is 24.1 Å². The highest BCUT2D eigenvalue weighted by molar-refractivity contribution is 6.35. The molecule has 0 N–H and O–H groups in total. The number of rotatable bonds is 5. The molecular weight excluding hydrogens is 375 g/mol. The Kier molecular flexibility index (Phi) is 4.94. The minimum absolute atomic E-state index is 0.111. The summed E-state index contributed by atoms with van der Waals surface area (Å²) >= 11 is 18.1. The summed E-state index contributed by atoms with van der Waals surface area (Å²) < 4.78 is 0. The number of non-ortho nitro benzene ring substituents is 1. The van der Waals surface area contributed by atoms with Crippen LogP contribution in [0.4, 0.5) is 5.69 Å². The quantitative estimate of drug-likeness (QED) is 0.374. The Morgan fingerprint density at radius 3 is 2.33 bits per heavy atom. The molecule has 0 aliphatic heterocycles. The lowest BCUT2D eigenvalue weighted by atomic mass is 10.1. The Hall–Kier alpha value is -1.82. The Morgan fingerprint density at radius 2 is 1.79 bits per heavy atom. The van der Waals surface area contributed by atoms with Gasteiger partial charge in [-0.3, -0.25) is 10.1 Å². The third-order valence-corrected chi connectivity index (χ3v) is 4.22. The van der Waals surface area contributed by atoms with E-state index in [2.05, 4.69) is 5.16 Å². The maximum Gasteiger partial charge on any atom is 0.271 e. The molecule has 1 aliphatic rings. The lowest BCUT2D eigenvalue weighted by Crippen LogP contribution is -2.06. The molecule has 1 saturated carbocycles. The molecule has 2 aromatic carbocycles. The standard InChI is InChI=1S/C16H11Cl3N2O3/c17-11-5-10(6-12(18)7-11)16(9-1-2-9)20-24-15-4-3-13(21(22)23)8-14(15)19/h3-9H,1-2H2/b20-16+. The first-order chi connectivity index (χ1) is 11.4. The normalized spacial score (nSPS) is 14.5. The van der Waals surface area contributed by atoms with E-state index in [-0.39, 0.29) is 22.4 Å². The predicted molar refractivity (Wildman–Crippen MR) is 94.5 cm³/mol. The number of nitro groups is 1. The molecule has 0 aromatic heterocycles. The minimum atomic E-state index is -0.525. The van der Waals surface area contributed by atoms with Crippen molar-refractivity contribution in [3.63, 3.8) is 0 Å². The summed E-state index contributed by atoms with van der Waals surface area (Å²) in [5, 5.41) is 16.1. The minimum Gasteiger partial charge on any atom is -0.355 e. The maximum absolute atomic E-state index is 10.7. The van der Waals surface area contributed by atoms with Crippen molar-refractivity contribution in [2.24, 2.45) is 11.1 Å². The van der Waals surface area contributed by atoms with E-state index in [4.69, 9.17) is 39.6 Å². The second-order valence-corrected chi connectivity index (χ2v) is 6.65. The number of oxime groups is 1. The molecule has 3 rings (SSSR count). The van der Waals surface area contributed by atoms with Crippen LogP contribution < -0.4 is 4.84 Å². The molecule has 124 valence electrons. The summed E-state index contributed by atoms with van der Waals surface area (Å²) in [6.45, 7) is 0. The zero-order valence-corrected chi connectivity index (χ0v) is 14.5. The number of hydrogen-bond acceptors (Lipinski definition) is 4. The van der Waals surface area contributed by atoms with Crippen LogP contribution in [-0.4, -0.2) is 10.6 Å². The number of nitrogens with zero attached hydrogens (tertiary/aromatic N) is 2. The summed E-state index contributed by atoms with van der Waals surface area (Å²) in [5.41, 5.74) is 1.40. The van der Waals surface area contributed by atoms with Crippen molar-refractivity contribution in [1.82, 2.24) is 0 Å². The van der Waals surface area contributed by atoms with Crippen molar-refractivity contribution in [2.75, 3.05) is 0 Å². The first kappa shape index (κ1) is 17.0. The Labute approximate surface area is 152 Å². The molecule has 0 radical (unpaired) electrons. The average Bonchev–Trinajstić information content (AvgIpc) is 3.32. The highest BCUT2D eigenvalue weighted by atomic mass is 35.5. The van der Waals surface area contributed by atoms with Crippen LogP contribution in [0.1, 0.15) is 18.4 Å². The van der Waals surface area contributed by atoms with Gasteiger partial charge in [0, 0.05) is 33.7 Å². The van der Waals surface area contributed by atoms with Gasteiger partial charge in [0.2, 0.25) is 0 Å². The molecule has 8 heteroatoms. The van der Waals surface area contributed by atoms with Gasteiger partial charge in [0.05, 0.1) is 15.7 Å². The Bertz CT molecular complexity index is 815.